The van der Waals surface area contributed by atoms with Crippen LogP contribution in [0.2, 0.25) is 56.9 Å². The summed E-state index contributed by atoms with van der Waals surface area (Å²) >= 11 is 0. The second-order valence-electron chi connectivity index (χ2n) is 30.5. The van der Waals surface area contributed by atoms with Crippen LogP contribution in [0.25, 0.3) is 0 Å². The zero-order valence-corrected chi connectivity index (χ0v) is 67.0. The summed E-state index contributed by atoms with van der Waals surface area (Å²) in [5.41, 5.74) is -29.4. The van der Waals surface area contributed by atoms with Crippen LogP contribution in [-0.4, -0.2) is 62.7 Å². The molecule has 9 rings (SSSR count). The fraction of sp³-hybridized carbons (Fsp3) is 0.526. The van der Waals surface area contributed by atoms with Gasteiger partial charge >= 0.3 is 67.9 Å². The van der Waals surface area contributed by atoms with Gasteiger partial charge in [0.1, 0.15) is 16.8 Å². The molecule has 6 aromatic rings. The van der Waals surface area contributed by atoms with Gasteiger partial charge in [-0.25, -0.2) is 0 Å². The first-order valence-corrected chi connectivity index (χ1v) is 45.4. The Morgan fingerprint density at radius 2 is 0.424 bits per heavy atom. The van der Waals surface area contributed by atoms with Crippen LogP contribution in [0.1, 0.15) is 166 Å². The smallest absolute Gasteiger partial charge is 0.403 e. The highest BCUT2D eigenvalue weighted by Crippen LogP contribution is 2.55. The Hall–Kier alpha value is -6.58. The topological polar surface area (TPSA) is 63.8 Å². The molecular weight excluding hydrogens is 1710 g/mol. The van der Waals surface area contributed by atoms with Gasteiger partial charge in [0.2, 0.25) is 0 Å². The molecule has 6 aromatic carbocycles. The van der Waals surface area contributed by atoms with Crippen LogP contribution < -0.4 is 16.0 Å². The number of hydrogen-bond donors (Lipinski definition) is 3. The third-order valence-corrected chi connectivity index (χ3v) is 28.8. The summed E-state index contributed by atoms with van der Waals surface area (Å²) in [6.45, 7) is 16.7. The van der Waals surface area contributed by atoms with E-state index in [4.69, 9.17) is 13.3 Å². The fourth-order valence-corrected chi connectivity index (χ4v) is 20.4. The Labute approximate surface area is 658 Å². The third kappa shape index (κ3) is 23.0. The van der Waals surface area contributed by atoms with Crippen LogP contribution in [0.5, 0.6) is 0 Å². The minimum atomic E-state index is -5.33. The van der Waals surface area contributed by atoms with E-state index in [1.165, 1.54) is 32.6 Å². The molecule has 42 heteroatoms. The normalized spacial score (nSPS) is 18.3. The van der Waals surface area contributed by atoms with Crippen molar-refractivity contribution in [2.45, 2.75) is 233 Å². The van der Waals surface area contributed by atoms with E-state index < -0.39 is 217 Å². The average Bonchev–Trinajstić information content (AvgIpc) is 1.07. The summed E-state index contributed by atoms with van der Waals surface area (Å²) in [4.78, 5) is 0. The van der Waals surface area contributed by atoms with E-state index in [0.29, 0.717) is 86.1 Å². The van der Waals surface area contributed by atoms with Crippen LogP contribution in [0.15, 0.2) is 109 Å². The SMILES string of the molecule is CC[Si](C)(C)OC(c1cc(C)cc(C(F)(F)F)c1)(c1cc(C(F)(F)F)cc(C(F)(F)F)c1)[C@H]1CCCN1.CC[Si](CC)(CC)OC(c1cc(C(F)(F)F)cc(C(F)(F)F)c1)(c1cc(C(F)(F)F)cc(C(F)(F)F)c1)[C@H]1CCCN1.C[Si](C)(C)OC(c1cc(C(F)(F)F)cc(C(F)(F)F)c1)(c1cc(C(F)(F)F)cc(C(F)(F)F)c1)[C@H]1CCCN1. The third-order valence-electron chi connectivity index (χ3n) is 20.6. The van der Waals surface area contributed by atoms with E-state index in [-0.39, 0.29) is 98.4 Å². The second kappa shape index (κ2) is 34.6. The van der Waals surface area contributed by atoms with E-state index in [1.807, 2.05) is 0 Å². The first-order chi connectivity index (χ1) is 53.4. The Balaban J connectivity index is 0.000000245. The van der Waals surface area contributed by atoms with E-state index in [2.05, 4.69) is 16.0 Å². The highest BCUT2D eigenvalue weighted by atomic mass is 28.4. The molecule has 0 aliphatic carbocycles. The van der Waals surface area contributed by atoms with Crippen molar-refractivity contribution in [1.82, 2.24) is 16.0 Å². The van der Waals surface area contributed by atoms with Crippen molar-refractivity contribution in [2.75, 3.05) is 19.6 Å². The van der Waals surface area contributed by atoms with Crippen molar-refractivity contribution in [2.24, 2.45) is 0 Å². The molecule has 0 saturated carbocycles. The summed E-state index contributed by atoms with van der Waals surface area (Å²) in [5.74, 6) is 0. The maximum atomic E-state index is 14.0. The lowest BCUT2D eigenvalue weighted by Gasteiger charge is -2.47. The predicted molar refractivity (Wildman–Crippen MR) is 376 cm³/mol. The maximum absolute atomic E-state index is 14.0. The minimum absolute atomic E-state index is 0.00316. The highest BCUT2D eigenvalue weighted by Gasteiger charge is 2.57. The molecule has 6 nitrogen and oxygen atoms in total. The molecule has 0 aromatic heterocycles. The molecular formula is C76H80F33N3O3Si3. The zero-order chi connectivity index (χ0) is 89.8. The molecule has 4 atom stereocenters. The molecule has 0 spiro atoms. The van der Waals surface area contributed by atoms with E-state index in [1.54, 1.807) is 40.8 Å². The van der Waals surface area contributed by atoms with Crippen LogP contribution in [0, 0.1) is 6.92 Å². The van der Waals surface area contributed by atoms with Crippen LogP contribution >= 0.6 is 0 Å². The molecule has 0 amide bonds. The van der Waals surface area contributed by atoms with Crippen molar-refractivity contribution in [3.63, 3.8) is 0 Å². The first-order valence-electron chi connectivity index (χ1n) is 36.4. The predicted octanol–water partition coefficient (Wildman–Crippen LogP) is 26.7. The molecule has 3 heterocycles. The Morgan fingerprint density at radius 1 is 0.254 bits per heavy atom. The number of rotatable bonds is 19. The number of alkyl halides is 33. The lowest BCUT2D eigenvalue weighted by atomic mass is 9.77. The van der Waals surface area contributed by atoms with E-state index >= 15 is 0 Å². The summed E-state index contributed by atoms with van der Waals surface area (Å²) in [5, 5.41) is 8.81. The molecule has 0 radical (unpaired) electrons. The monoisotopic (exact) mass is 1790 g/mol. The van der Waals surface area contributed by atoms with Crippen LogP contribution in [0.4, 0.5) is 145 Å². The highest BCUT2D eigenvalue weighted by molar-refractivity contribution is 6.73. The van der Waals surface area contributed by atoms with Crippen molar-refractivity contribution in [3.05, 3.63) is 209 Å². The van der Waals surface area contributed by atoms with Gasteiger partial charge in [0.15, 0.2) is 25.0 Å². The molecule has 3 N–H and O–H groups in total. The van der Waals surface area contributed by atoms with Gasteiger partial charge in [0.05, 0.1) is 61.2 Å². The van der Waals surface area contributed by atoms with E-state index in [9.17, 15) is 145 Å². The number of aryl methyl sites for hydroxylation is 1. The molecule has 3 aliphatic rings. The van der Waals surface area contributed by atoms with Gasteiger partial charge in [-0.3, -0.25) is 0 Å². The lowest BCUT2D eigenvalue weighted by molar-refractivity contribution is -0.145. The standard InChI is InChI=1S/C27H29F12NOSi.C25H28F9NOSi.C24H23F12NOSi/c1-4-42(5-2,6-3)41-23(22-8-7-9-40-22,16-10-18(24(28,29)30)14-19(11-16)25(31,32)33)17-12-20(26(34,35)36)15-21(13-17)27(37,38)39;1-5-37(3,4)36-22(21-7-6-8-35-21,16-9-15(2)10-18(11-16)23(26,27)28)17-12-19(24(29,30)31)14-20(13-17)25(32,33)34;1-39(2,3)38-20(19-5-4-6-37-19,13-7-15(21(25,26)27)11-16(8-13)22(28,29)30)14-9-17(23(31,32)33)12-18(10-14)24(34,35)36/h10-15,22,40H,4-9H2,1-3H3;9-14,21,35H,5-8H2,1-4H3;7-12,19,37H,4-6H2,1-3H3/t22-;21-,22?;19-/m111/s1. The Bertz CT molecular complexity index is 4110. The first kappa shape index (κ1) is 98.5. The van der Waals surface area contributed by atoms with Crippen LogP contribution in [-0.2, 0) is 98.0 Å². The molecule has 118 heavy (non-hydrogen) atoms. The van der Waals surface area contributed by atoms with Gasteiger partial charge < -0.3 is 29.2 Å². The van der Waals surface area contributed by atoms with Gasteiger partial charge in [-0.2, -0.15) is 145 Å². The fourth-order valence-electron chi connectivity index (χ4n) is 14.7. The summed E-state index contributed by atoms with van der Waals surface area (Å²) in [7, 11) is -9.18. The average molecular weight is 1790 g/mol. The number of halogens is 33. The minimum Gasteiger partial charge on any atom is -0.403 e. The number of benzene rings is 6. The molecule has 0 bridgehead atoms. The molecule has 1 unspecified atom stereocenters. The van der Waals surface area contributed by atoms with Gasteiger partial charge in [-0.1, -0.05) is 39.3 Å². The summed E-state index contributed by atoms with van der Waals surface area (Å²) < 4.78 is 477. The largest absolute Gasteiger partial charge is 0.416 e. The quantitative estimate of drug-likeness (QED) is 0.0555. The van der Waals surface area contributed by atoms with Gasteiger partial charge in [0.25, 0.3) is 0 Å². The zero-order valence-electron chi connectivity index (χ0n) is 64.0. The van der Waals surface area contributed by atoms with Crippen LogP contribution in [0.3, 0.4) is 0 Å². The van der Waals surface area contributed by atoms with Gasteiger partial charge in [0, 0.05) is 18.1 Å². The molecule has 3 saturated heterocycles. The summed E-state index contributed by atoms with van der Waals surface area (Å²) in [6, 6.07) is 3.85. The van der Waals surface area contributed by atoms with Gasteiger partial charge in [-0.05, 0) is 259 Å². The van der Waals surface area contributed by atoms with Crippen molar-refractivity contribution in [3.8, 4) is 0 Å². The second-order valence-corrected chi connectivity index (χ2v) is 44.0. The maximum Gasteiger partial charge on any atom is 0.416 e. The number of nitrogens with one attached hydrogen (secondary N) is 3. The molecule has 660 valence electrons. The number of hydrogen-bond acceptors (Lipinski definition) is 6. The van der Waals surface area contributed by atoms with Crippen molar-refractivity contribution < 1.29 is 158 Å². The lowest BCUT2D eigenvalue weighted by Crippen LogP contribution is -2.55. The summed E-state index contributed by atoms with van der Waals surface area (Å²) in [6.07, 6.45) is -56.3. The molecule has 3 fully saturated rings. The van der Waals surface area contributed by atoms with Crippen molar-refractivity contribution >= 4 is 25.0 Å². The Morgan fingerprint density at radius 3 is 0.593 bits per heavy atom. The van der Waals surface area contributed by atoms with Gasteiger partial charge in [-0.15, -0.1) is 0 Å². The Kier molecular flexibility index (Phi) is 28.9. The van der Waals surface area contributed by atoms with Crippen molar-refractivity contribution in [1.29, 1.82) is 0 Å². The van der Waals surface area contributed by atoms with E-state index in [0.717, 1.165) is 12.1 Å². The molecule has 3 aliphatic heterocycles.